The second-order valence-corrected chi connectivity index (χ2v) is 63.3. The molecule has 0 saturated carbocycles. The zero-order valence-electron chi connectivity index (χ0n) is 30.8. The van der Waals surface area contributed by atoms with E-state index in [9.17, 15) is 0 Å². The van der Waals surface area contributed by atoms with Gasteiger partial charge in [0.05, 0.1) is 0 Å². The van der Waals surface area contributed by atoms with Crippen LogP contribution in [-0.2, 0) is 8.89 Å². The number of unbranched alkanes of at least 4 members (excludes halogenated alkanes) is 20. The summed E-state index contributed by atoms with van der Waals surface area (Å²) in [5.41, 5.74) is 0. The summed E-state index contributed by atoms with van der Waals surface area (Å²) in [5, 5.41) is 0. The monoisotopic (exact) mass is 690 g/mol. The summed E-state index contributed by atoms with van der Waals surface area (Å²) >= 11 is 0. The van der Waals surface area contributed by atoms with E-state index in [4.69, 9.17) is 0 Å². The Balaban J connectivity index is 0.919. The summed E-state index contributed by atoms with van der Waals surface area (Å²) in [4.78, 5) is 0. The molecule has 0 bridgehead atoms. The van der Waals surface area contributed by atoms with Crippen LogP contribution in [0.25, 0.3) is 0 Å². The Morgan fingerprint density at radius 2 is 0.578 bits per heavy atom. The van der Waals surface area contributed by atoms with Crippen molar-refractivity contribution < 1.29 is 8.89 Å². The summed E-state index contributed by atoms with van der Waals surface area (Å²) in [5.74, 6) is 0. The van der Waals surface area contributed by atoms with Gasteiger partial charge in [-0.05, 0) is 0 Å². The quantitative estimate of drug-likeness (QED) is 0.0400. The molecule has 0 amide bonds. The molecule has 4 unspecified atom stereocenters. The molecule has 4 atom stereocenters. The number of hydrogen-bond acceptors (Lipinski definition) is 0. The third-order valence-electron chi connectivity index (χ3n) is 28.4. The fourth-order valence-corrected chi connectivity index (χ4v) is 201. The van der Waals surface area contributed by atoms with Gasteiger partial charge in [0.15, 0.2) is 0 Å². The first-order valence-electron chi connectivity index (χ1n) is 22.5. The minimum atomic E-state index is -3.83. The number of fused-ring (bicyclic) bond motifs is 10. The predicted molar refractivity (Wildman–Crippen MR) is 202 cm³/mol. The fourth-order valence-electron chi connectivity index (χ4n) is 31.4. The van der Waals surface area contributed by atoms with E-state index in [0.29, 0.717) is 15.8 Å². The maximum atomic E-state index is 2.40. The number of rotatable bonds is 30. The molecular weight excluding hydrogens is 614 g/mol. The number of hydrogen-bond donors (Lipinski definition) is 0. The topological polar surface area (TPSA) is 0 Å². The summed E-state index contributed by atoms with van der Waals surface area (Å²) < 4.78 is 14.9. The van der Waals surface area contributed by atoms with Crippen LogP contribution in [0.4, 0.5) is 0 Å². The van der Waals surface area contributed by atoms with E-state index in [0.717, 1.165) is 0 Å². The molecule has 3 heteroatoms. The van der Waals surface area contributed by atoms with Gasteiger partial charge in [0.1, 0.15) is 0 Å². The van der Waals surface area contributed by atoms with Gasteiger partial charge in [0.2, 0.25) is 0 Å². The van der Waals surface area contributed by atoms with Crippen LogP contribution in [0.5, 0.6) is 0 Å². The zero-order chi connectivity index (χ0) is 30.9. The Morgan fingerprint density at radius 3 is 0.800 bits per heavy atom. The van der Waals surface area contributed by atoms with Crippen molar-refractivity contribution in [1.82, 2.24) is 0 Å². The summed E-state index contributed by atoms with van der Waals surface area (Å²) in [6, 6.07) is 0. The van der Waals surface area contributed by atoms with E-state index >= 15 is 0 Å². The van der Waals surface area contributed by atoms with Gasteiger partial charge in [0.25, 0.3) is 0 Å². The fraction of sp³-hybridized carbons (Fsp3) is 1.00. The van der Waals surface area contributed by atoms with Gasteiger partial charge in [-0.2, -0.15) is 0 Å². The van der Waals surface area contributed by atoms with E-state index in [-0.39, 0.29) is 0 Å². The first-order chi connectivity index (χ1) is 22.0. The molecular formula is C42H76P2Ti. The Labute approximate surface area is 270 Å². The molecule has 1 spiro atoms. The maximum absolute atomic E-state index is 3.83. The van der Waals surface area contributed by atoms with Crippen LogP contribution in [0.15, 0.2) is 0 Å². The molecule has 0 nitrogen and oxygen atoms in total. The molecule has 10 rings (SSSR count). The van der Waals surface area contributed by atoms with Gasteiger partial charge in [-0.1, -0.05) is 0 Å². The Morgan fingerprint density at radius 1 is 0.333 bits per heavy atom. The SMILES string of the molecule is CCCCCCCCP(CCCCCCCC)[C]12[CH]3[CH]4[CH]5[C]1(P(CCCCCCCC)CCCCCCCC)[Ti]43521678[CH]2[CH]1[CH]6[CH]7[CH]28. The second kappa shape index (κ2) is 6.66. The molecule has 0 radical (unpaired) electrons. The van der Waals surface area contributed by atoms with Crippen molar-refractivity contribution >= 4 is 15.8 Å². The molecule has 0 aromatic carbocycles. The van der Waals surface area contributed by atoms with E-state index < -0.39 is 8.89 Å². The van der Waals surface area contributed by atoms with Crippen molar-refractivity contribution in [2.24, 2.45) is 0 Å². The van der Waals surface area contributed by atoms with E-state index in [1.807, 2.05) is 0 Å². The van der Waals surface area contributed by atoms with Gasteiger partial charge in [-0.25, -0.2) is 0 Å². The van der Waals surface area contributed by atoms with E-state index in [1.54, 1.807) is 135 Å². The first kappa shape index (κ1) is 31.3. The van der Waals surface area contributed by atoms with Crippen LogP contribution >= 0.6 is 15.8 Å². The molecule has 0 N–H and O–H groups in total. The first-order valence-corrected chi connectivity index (χ1v) is 34.7. The Kier molecular flexibility index (Phi) is 4.64. The van der Waals surface area contributed by atoms with Crippen LogP contribution < -0.4 is 0 Å². The zero-order valence-corrected chi connectivity index (χ0v) is 34.2. The molecule has 10 fully saturated rings. The molecule has 10 heterocycles. The standard InChI is InChI=1S/C37H71P2.C5H5.Ti/c1-5-9-13-17-21-25-32-38(33-26-22-18-14-10-6-2)36-30-29-31-37(36)39(34-27-23-19-15-11-7-3)35-28-24-20-16-12-8-4;1-2-4-5-3-1;/h29-31H,5-28,32-35H2,1-4H3;1-5H;. The van der Waals surface area contributed by atoms with Crippen LogP contribution in [0.1, 0.15) is 182 Å². The van der Waals surface area contributed by atoms with Gasteiger partial charge in [-0.3, -0.25) is 0 Å². The van der Waals surface area contributed by atoms with Crippen molar-refractivity contribution in [3.05, 3.63) is 0 Å². The average Bonchev–Trinajstić information content (AvgIpc) is 4.00. The molecule has 0 aromatic heterocycles. The molecule has 45 heavy (non-hydrogen) atoms. The third kappa shape index (κ3) is 1.16. The molecule has 10 aliphatic rings. The molecule has 258 valence electrons. The minimum absolute atomic E-state index is 0.366. The van der Waals surface area contributed by atoms with Crippen molar-refractivity contribution in [2.75, 3.05) is 24.6 Å². The normalized spacial score (nSPS) is 54.4. The molecule has 10 aliphatic heterocycles. The average molecular weight is 691 g/mol. The van der Waals surface area contributed by atoms with Crippen molar-refractivity contribution in [3.8, 4) is 0 Å². The molecule has 10 saturated heterocycles. The third-order valence-corrected chi connectivity index (χ3v) is 108. The van der Waals surface area contributed by atoms with Crippen molar-refractivity contribution in [3.63, 3.8) is 0 Å². The Bertz CT molecular complexity index is 1310. The van der Waals surface area contributed by atoms with Crippen LogP contribution in [-0.4, -0.2) is 31.6 Å². The van der Waals surface area contributed by atoms with Crippen molar-refractivity contribution in [2.45, 2.75) is 222 Å². The predicted octanol–water partition coefficient (Wildman–Crippen LogP) is 15.6. The van der Waals surface area contributed by atoms with Gasteiger partial charge < -0.3 is 0 Å². The van der Waals surface area contributed by atoms with E-state index in [1.165, 1.54) is 84.0 Å². The summed E-state index contributed by atoms with van der Waals surface area (Å²) in [7, 11) is -3.09. The van der Waals surface area contributed by atoms with Crippen LogP contribution in [0.3, 0.4) is 0 Å². The van der Waals surface area contributed by atoms with E-state index in [2.05, 4.69) is 27.7 Å². The van der Waals surface area contributed by atoms with Gasteiger partial charge >= 0.3 is 272 Å². The van der Waals surface area contributed by atoms with Crippen LogP contribution in [0.2, 0.25) is 33.8 Å². The summed E-state index contributed by atoms with van der Waals surface area (Å²) in [6.45, 7) is 9.60. The Hall–Kier alpha value is 1.57. The van der Waals surface area contributed by atoms with Gasteiger partial charge in [-0.15, -0.1) is 0 Å². The van der Waals surface area contributed by atoms with Crippen molar-refractivity contribution in [1.29, 1.82) is 0 Å². The summed E-state index contributed by atoms with van der Waals surface area (Å²) in [6.07, 6.45) is 44.1. The van der Waals surface area contributed by atoms with Gasteiger partial charge in [0, 0.05) is 0 Å². The molecule has 0 aromatic rings. The second-order valence-electron chi connectivity index (χ2n) is 23.8. The molecule has 0 aliphatic carbocycles. The van der Waals surface area contributed by atoms with Crippen LogP contribution in [0, 0.1) is 0 Å².